The van der Waals surface area contributed by atoms with Crippen molar-refractivity contribution in [2.75, 3.05) is 25.2 Å². The number of hydrogen-bond donors (Lipinski definition) is 1. The van der Waals surface area contributed by atoms with E-state index in [2.05, 4.69) is 23.5 Å². The van der Waals surface area contributed by atoms with Gasteiger partial charge in [-0.25, -0.2) is 0 Å². The van der Waals surface area contributed by atoms with Gasteiger partial charge in [0.1, 0.15) is 5.75 Å². The molecule has 1 unspecified atom stereocenters. The highest BCUT2D eigenvalue weighted by molar-refractivity contribution is 7.84. The van der Waals surface area contributed by atoms with Gasteiger partial charge >= 0.3 is 0 Å². The molecule has 20 heavy (non-hydrogen) atoms. The number of hydrogen-bond acceptors (Lipinski definition) is 3. The van der Waals surface area contributed by atoms with Gasteiger partial charge in [0.05, 0.1) is 7.11 Å². The number of ether oxygens (including phenoxy) is 1. The number of nitrogens with one attached hydrogen (secondary N) is 1. The van der Waals surface area contributed by atoms with Crippen molar-refractivity contribution < 1.29 is 8.95 Å². The van der Waals surface area contributed by atoms with Crippen LogP contribution in [0.3, 0.4) is 0 Å². The summed E-state index contributed by atoms with van der Waals surface area (Å²) in [7, 11) is 0.995. The van der Waals surface area contributed by atoms with Crippen molar-refractivity contribution in [3.8, 4) is 5.75 Å². The van der Waals surface area contributed by atoms with E-state index in [1.54, 1.807) is 7.11 Å². The minimum absolute atomic E-state index is 0.700. The Morgan fingerprint density at radius 3 is 2.60 bits per heavy atom. The molecular weight excluding hydrogens is 270 g/mol. The van der Waals surface area contributed by atoms with Gasteiger partial charge in [0.15, 0.2) is 0 Å². The van der Waals surface area contributed by atoms with Crippen molar-refractivity contribution in [3.05, 3.63) is 42.0 Å². The molecule has 0 heterocycles. The van der Waals surface area contributed by atoms with Crippen LogP contribution in [0, 0.1) is 0 Å². The molecule has 2 aromatic rings. The van der Waals surface area contributed by atoms with Crippen LogP contribution in [0.2, 0.25) is 0 Å². The number of benzene rings is 2. The number of fused-ring (bicyclic) bond motifs is 1. The van der Waals surface area contributed by atoms with Crippen LogP contribution in [0.4, 0.5) is 0 Å². The Labute approximate surface area is 122 Å². The predicted octanol–water partition coefficient (Wildman–Crippen LogP) is 2.71. The van der Waals surface area contributed by atoms with E-state index in [1.807, 2.05) is 25.1 Å². The molecule has 0 radical (unpaired) electrons. The molecule has 0 saturated carbocycles. The van der Waals surface area contributed by atoms with E-state index >= 15 is 0 Å². The summed E-state index contributed by atoms with van der Waals surface area (Å²) in [5.74, 6) is 2.34. The van der Waals surface area contributed by atoms with Crippen LogP contribution < -0.4 is 10.1 Å². The molecule has 0 bridgehead atoms. The zero-order valence-electron chi connectivity index (χ0n) is 12.0. The first kappa shape index (κ1) is 15.0. The molecule has 0 fully saturated rings. The summed E-state index contributed by atoms with van der Waals surface area (Å²) in [4.78, 5) is 0. The summed E-state index contributed by atoms with van der Waals surface area (Å²) in [5.41, 5.74) is 1.24. The number of rotatable bonds is 7. The van der Waals surface area contributed by atoms with E-state index in [0.29, 0.717) is 5.75 Å². The maximum absolute atomic E-state index is 11.4. The topological polar surface area (TPSA) is 38.3 Å². The first-order chi connectivity index (χ1) is 9.76. The summed E-state index contributed by atoms with van der Waals surface area (Å²) in [5, 5.41) is 5.70. The van der Waals surface area contributed by atoms with E-state index in [-0.39, 0.29) is 0 Å². The molecule has 0 aliphatic carbocycles. The first-order valence-corrected chi connectivity index (χ1v) is 8.35. The van der Waals surface area contributed by atoms with Crippen LogP contribution in [0.25, 0.3) is 10.8 Å². The van der Waals surface area contributed by atoms with Gasteiger partial charge in [0.2, 0.25) is 0 Å². The Balaban J connectivity index is 2.09. The van der Waals surface area contributed by atoms with Crippen LogP contribution in [-0.4, -0.2) is 29.4 Å². The maximum Gasteiger partial charge on any atom is 0.126 e. The van der Waals surface area contributed by atoms with E-state index in [0.717, 1.165) is 30.0 Å². The van der Waals surface area contributed by atoms with Gasteiger partial charge in [-0.2, -0.15) is 0 Å². The lowest BCUT2D eigenvalue weighted by Crippen LogP contribution is -2.20. The van der Waals surface area contributed by atoms with Crippen molar-refractivity contribution in [1.82, 2.24) is 5.32 Å². The van der Waals surface area contributed by atoms with Gasteiger partial charge in [-0.3, -0.25) is 4.21 Å². The highest BCUT2D eigenvalue weighted by atomic mass is 32.2. The molecule has 0 amide bonds. The summed E-state index contributed by atoms with van der Waals surface area (Å²) in [6.45, 7) is 3.51. The molecule has 0 aliphatic heterocycles. The van der Waals surface area contributed by atoms with Gasteiger partial charge in [0, 0.05) is 40.8 Å². The fourth-order valence-corrected chi connectivity index (χ4v) is 2.88. The van der Waals surface area contributed by atoms with Crippen LogP contribution in [-0.2, 0) is 17.3 Å². The normalized spacial score (nSPS) is 12.5. The molecule has 0 aromatic heterocycles. The Kier molecular flexibility index (Phi) is 5.56. The Hall–Kier alpha value is -1.39. The molecule has 2 rings (SSSR count). The second-order valence-electron chi connectivity index (χ2n) is 4.58. The van der Waals surface area contributed by atoms with Crippen molar-refractivity contribution in [3.63, 3.8) is 0 Å². The summed E-state index contributed by atoms with van der Waals surface area (Å²) < 4.78 is 16.8. The second kappa shape index (κ2) is 7.41. The largest absolute Gasteiger partial charge is 0.496 e. The van der Waals surface area contributed by atoms with Crippen LogP contribution >= 0.6 is 0 Å². The van der Waals surface area contributed by atoms with Crippen molar-refractivity contribution in [1.29, 1.82) is 0 Å². The third-order valence-corrected chi connectivity index (χ3v) is 4.64. The fourth-order valence-electron chi connectivity index (χ4n) is 2.22. The monoisotopic (exact) mass is 291 g/mol. The molecule has 0 saturated heterocycles. The van der Waals surface area contributed by atoms with E-state index < -0.39 is 10.8 Å². The zero-order chi connectivity index (χ0) is 14.4. The van der Waals surface area contributed by atoms with Crippen molar-refractivity contribution in [2.24, 2.45) is 0 Å². The SMILES string of the molecule is CCS(=O)CCNCc1ccc(OC)c2ccccc12. The summed E-state index contributed by atoms with van der Waals surface area (Å²) >= 11 is 0. The second-order valence-corrected chi connectivity index (χ2v) is 6.45. The smallest absolute Gasteiger partial charge is 0.126 e. The van der Waals surface area contributed by atoms with Crippen LogP contribution in [0.15, 0.2) is 36.4 Å². The lowest BCUT2D eigenvalue weighted by molar-refractivity contribution is 0.419. The molecule has 0 aliphatic rings. The van der Waals surface area contributed by atoms with E-state index in [4.69, 9.17) is 4.74 Å². The lowest BCUT2D eigenvalue weighted by Gasteiger charge is -2.11. The quantitative estimate of drug-likeness (QED) is 0.797. The molecule has 4 heteroatoms. The van der Waals surface area contributed by atoms with Gasteiger partial charge in [-0.15, -0.1) is 0 Å². The highest BCUT2D eigenvalue weighted by Crippen LogP contribution is 2.28. The summed E-state index contributed by atoms with van der Waals surface area (Å²) in [6, 6.07) is 12.3. The maximum atomic E-state index is 11.4. The van der Waals surface area contributed by atoms with Crippen LogP contribution in [0.5, 0.6) is 5.75 Å². The minimum atomic E-state index is -0.700. The molecule has 2 aromatic carbocycles. The molecule has 3 nitrogen and oxygen atoms in total. The fraction of sp³-hybridized carbons (Fsp3) is 0.375. The number of methoxy groups -OCH3 is 1. The molecule has 1 N–H and O–H groups in total. The van der Waals surface area contributed by atoms with Gasteiger partial charge in [-0.05, 0) is 17.0 Å². The third kappa shape index (κ3) is 3.58. The van der Waals surface area contributed by atoms with E-state index in [9.17, 15) is 4.21 Å². The molecule has 1 atom stereocenters. The highest BCUT2D eigenvalue weighted by Gasteiger charge is 2.05. The Bertz CT molecular complexity index is 598. The van der Waals surface area contributed by atoms with Crippen LogP contribution in [0.1, 0.15) is 12.5 Å². The van der Waals surface area contributed by atoms with Gasteiger partial charge < -0.3 is 10.1 Å². The first-order valence-electron chi connectivity index (χ1n) is 6.86. The van der Waals surface area contributed by atoms with Crippen molar-refractivity contribution >= 4 is 21.6 Å². The van der Waals surface area contributed by atoms with Gasteiger partial charge in [0.25, 0.3) is 0 Å². The molecule has 108 valence electrons. The predicted molar refractivity (Wildman–Crippen MR) is 85.8 cm³/mol. The average Bonchev–Trinajstić information content (AvgIpc) is 2.51. The lowest BCUT2D eigenvalue weighted by atomic mass is 10.0. The molecule has 0 spiro atoms. The summed E-state index contributed by atoms with van der Waals surface area (Å²) in [6.07, 6.45) is 0. The van der Waals surface area contributed by atoms with Gasteiger partial charge in [-0.1, -0.05) is 37.3 Å². The Morgan fingerprint density at radius 1 is 1.15 bits per heavy atom. The molecular formula is C16H21NO2S. The zero-order valence-corrected chi connectivity index (χ0v) is 12.8. The van der Waals surface area contributed by atoms with E-state index in [1.165, 1.54) is 10.9 Å². The average molecular weight is 291 g/mol. The minimum Gasteiger partial charge on any atom is -0.496 e. The standard InChI is InChI=1S/C16H21NO2S/c1-3-20(18)11-10-17-12-13-8-9-16(19-2)15-7-5-4-6-14(13)15/h4-9,17H,3,10-12H2,1-2H3. The van der Waals surface area contributed by atoms with Crippen molar-refractivity contribution in [2.45, 2.75) is 13.5 Å². The third-order valence-electron chi connectivity index (χ3n) is 3.34. The Morgan fingerprint density at radius 2 is 1.90 bits per heavy atom.